The Labute approximate surface area is 177 Å². The maximum atomic E-state index is 3.91. The molecular weight excluding hydrogens is 523 g/mol. The number of hydrogen-bond donors (Lipinski definition) is 0. The zero-order valence-corrected chi connectivity index (χ0v) is 19.3. The van der Waals surface area contributed by atoms with Crippen LogP contribution < -0.4 is 0 Å². The summed E-state index contributed by atoms with van der Waals surface area (Å²) in [5.74, 6) is 0. The molecule has 2 heteroatoms. The molecule has 0 aliphatic rings. The van der Waals surface area contributed by atoms with E-state index in [1.54, 1.807) is 0 Å². The maximum Gasteiger partial charge on any atom is 2.00 e. The third-order valence-electron chi connectivity index (χ3n) is 4.50. The fourth-order valence-electron chi connectivity index (χ4n) is 3.54. The van der Waals surface area contributed by atoms with Gasteiger partial charge in [0.05, 0.1) is 0 Å². The molecule has 5 rings (SSSR count). The number of benzene rings is 4. The molecule has 0 N–H and O–H groups in total. The predicted molar refractivity (Wildman–Crippen MR) is 120 cm³/mol. The van der Waals surface area contributed by atoms with Crippen molar-refractivity contribution in [1.82, 2.24) is 0 Å². The van der Waals surface area contributed by atoms with Gasteiger partial charge in [-0.05, 0) is 26.9 Å². The van der Waals surface area contributed by atoms with E-state index in [4.69, 9.17) is 0 Å². The van der Waals surface area contributed by atoms with Crippen LogP contribution in [-0.2, 0) is 21.1 Å². The van der Waals surface area contributed by atoms with Crippen molar-refractivity contribution in [3.05, 3.63) is 85.4 Å². The van der Waals surface area contributed by atoms with Gasteiger partial charge in [-0.2, -0.15) is 12.1 Å². The summed E-state index contributed by atoms with van der Waals surface area (Å²) in [6.07, 6.45) is 0. The maximum absolute atomic E-state index is 3.91. The molecule has 0 saturated heterocycles. The summed E-state index contributed by atoms with van der Waals surface area (Å²) in [5.41, 5.74) is 2.62. The van der Waals surface area contributed by atoms with Gasteiger partial charge in [-0.15, -0.1) is 31.8 Å². The van der Waals surface area contributed by atoms with E-state index in [9.17, 15) is 0 Å². The fourth-order valence-corrected chi connectivity index (χ4v) is 3.54. The van der Waals surface area contributed by atoms with Gasteiger partial charge in [0.15, 0.2) is 0 Å². The van der Waals surface area contributed by atoms with Crippen LogP contribution in [0.3, 0.4) is 0 Å². The van der Waals surface area contributed by atoms with E-state index in [0.29, 0.717) is 0 Å². The first-order valence-electron chi connectivity index (χ1n) is 9.16. The van der Waals surface area contributed by atoms with E-state index in [2.05, 4.69) is 105 Å². The summed E-state index contributed by atoms with van der Waals surface area (Å²) in [4.78, 5) is 0. The Balaban J connectivity index is 0.000000315. The summed E-state index contributed by atoms with van der Waals surface area (Å²) in [7, 11) is -0.861. The van der Waals surface area contributed by atoms with Gasteiger partial charge in [0.25, 0.3) is 0 Å². The van der Waals surface area contributed by atoms with Crippen molar-refractivity contribution in [3.8, 4) is 11.1 Å². The Kier molecular flexibility index (Phi) is 5.65. The quantitative estimate of drug-likeness (QED) is 0.115. The molecular formula is C25H24PtSi. The van der Waals surface area contributed by atoms with Crippen LogP contribution in [-0.4, -0.2) is 8.07 Å². The van der Waals surface area contributed by atoms with E-state index in [1.165, 1.54) is 43.4 Å². The molecule has 0 amide bonds. The van der Waals surface area contributed by atoms with E-state index < -0.39 is 8.07 Å². The van der Waals surface area contributed by atoms with Crippen molar-refractivity contribution >= 4 is 40.4 Å². The third-order valence-corrected chi connectivity index (χ3v) is 4.50. The molecule has 5 aromatic carbocycles. The Morgan fingerprint density at radius 3 is 1.74 bits per heavy atom. The Hall–Kier alpha value is -1.82. The van der Waals surface area contributed by atoms with Crippen molar-refractivity contribution in [1.29, 1.82) is 0 Å². The summed E-state index contributed by atoms with van der Waals surface area (Å²) in [5, 5.41) is 8.10. The molecule has 0 saturated carbocycles. The van der Waals surface area contributed by atoms with Gasteiger partial charge in [0, 0.05) is 0 Å². The van der Waals surface area contributed by atoms with Gasteiger partial charge >= 0.3 is 21.1 Å². The Bertz CT molecular complexity index is 1140. The standard InChI is InChI=1S/C21H13.C4H11Si.Pt/c1-2-5-14(4-1)18-12-10-17-9-8-15-6-3-7-16-11-13-19(18)21(17)20(15)16;1-5(2,3)4;/h1-13H;1H2,2-4H3;/q2*-1;+2. The summed E-state index contributed by atoms with van der Waals surface area (Å²) in [6, 6.07) is 28.6. The average Bonchev–Trinajstić information content (AvgIpc) is 3.12. The molecule has 0 aromatic heterocycles. The van der Waals surface area contributed by atoms with Crippen LogP contribution in [0.25, 0.3) is 43.4 Å². The first kappa shape index (κ1) is 19.9. The Morgan fingerprint density at radius 2 is 1.15 bits per heavy atom. The number of rotatable bonds is 1. The van der Waals surface area contributed by atoms with Crippen molar-refractivity contribution in [3.63, 3.8) is 0 Å². The molecule has 0 heterocycles. The van der Waals surface area contributed by atoms with Crippen LogP contribution in [0.4, 0.5) is 0 Å². The minimum atomic E-state index is -0.861. The van der Waals surface area contributed by atoms with Gasteiger partial charge in [-0.1, -0.05) is 79.1 Å². The molecule has 5 aromatic rings. The Morgan fingerprint density at radius 1 is 0.667 bits per heavy atom. The van der Waals surface area contributed by atoms with E-state index in [1.807, 2.05) is 0 Å². The van der Waals surface area contributed by atoms with Gasteiger partial charge in [0.1, 0.15) is 0 Å². The molecule has 0 aliphatic carbocycles. The van der Waals surface area contributed by atoms with Crippen LogP contribution in [0.1, 0.15) is 0 Å². The first-order valence-corrected chi connectivity index (χ1v) is 12.9. The monoisotopic (exact) mass is 547 g/mol. The third kappa shape index (κ3) is 4.05. The van der Waals surface area contributed by atoms with Gasteiger partial charge < -0.3 is 6.55 Å². The summed E-state index contributed by atoms with van der Waals surface area (Å²) >= 11 is 0. The van der Waals surface area contributed by atoms with Crippen LogP contribution in [0.2, 0.25) is 19.6 Å². The van der Waals surface area contributed by atoms with Gasteiger partial charge in [-0.3, -0.25) is 0 Å². The molecule has 0 nitrogen and oxygen atoms in total. The second-order valence-electron chi connectivity index (χ2n) is 8.20. The van der Waals surface area contributed by atoms with Crippen molar-refractivity contribution in [2.75, 3.05) is 0 Å². The molecule has 0 fully saturated rings. The molecule has 0 bridgehead atoms. The second kappa shape index (κ2) is 7.66. The summed E-state index contributed by atoms with van der Waals surface area (Å²) in [6.45, 7) is 10.6. The van der Waals surface area contributed by atoms with Crippen LogP contribution in [0, 0.1) is 6.55 Å². The molecule has 0 radical (unpaired) electrons. The topological polar surface area (TPSA) is 0 Å². The van der Waals surface area contributed by atoms with Crippen molar-refractivity contribution in [2.45, 2.75) is 19.6 Å². The van der Waals surface area contributed by atoms with E-state index >= 15 is 0 Å². The van der Waals surface area contributed by atoms with Crippen molar-refractivity contribution in [2.24, 2.45) is 0 Å². The minimum absolute atomic E-state index is 0. The molecule has 0 atom stereocenters. The molecule has 27 heavy (non-hydrogen) atoms. The minimum Gasteiger partial charge on any atom is -0.342 e. The SMILES string of the molecule is [CH2-][Si](C)(C)C.[Pt+2].c1cc2ccc3ccc(-[c-]4cccc4)c4ccc(c1)c2c34. The summed E-state index contributed by atoms with van der Waals surface area (Å²) < 4.78 is 0. The largest absolute Gasteiger partial charge is 2.00 e. The molecule has 0 unspecified atom stereocenters. The van der Waals surface area contributed by atoms with Crippen molar-refractivity contribution < 1.29 is 21.1 Å². The van der Waals surface area contributed by atoms with E-state index in [-0.39, 0.29) is 21.1 Å². The van der Waals surface area contributed by atoms with Crippen LogP contribution >= 0.6 is 0 Å². The van der Waals surface area contributed by atoms with Crippen LogP contribution in [0.15, 0.2) is 78.9 Å². The van der Waals surface area contributed by atoms with Crippen LogP contribution in [0.5, 0.6) is 0 Å². The second-order valence-corrected chi connectivity index (χ2v) is 13.3. The molecule has 0 spiro atoms. The number of hydrogen-bond acceptors (Lipinski definition) is 0. The molecule has 138 valence electrons. The van der Waals surface area contributed by atoms with Gasteiger partial charge in [0.2, 0.25) is 0 Å². The zero-order chi connectivity index (χ0) is 18.3. The predicted octanol–water partition coefficient (Wildman–Crippen LogP) is 7.67. The first-order chi connectivity index (χ1) is 12.4. The zero-order valence-electron chi connectivity index (χ0n) is 16.0. The average molecular weight is 548 g/mol. The fraction of sp³-hybridized carbons (Fsp3) is 0.120. The van der Waals surface area contributed by atoms with E-state index in [0.717, 1.165) is 0 Å². The molecule has 0 aliphatic heterocycles. The normalized spacial score (nSPS) is 11.4. The van der Waals surface area contributed by atoms with Gasteiger partial charge in [-0.25, -0.2) is 0 Å². The smallest absolute Gasteiger partial charge is 0.342 e.